The van der Waals surface area contributed by atoms with Crippen LogP contribution in [0.15, 0.2) is 48.5 Å². The quantitative estimate of drug-likeness (QED) is 0.170. The number of nitrogen functional groups attached to an aromatic ring is 2. The average Bonchev–Trinajstić information content (AvgIpc) is 3.00. The van der Waals surface area contributed by atoms with Crippen LogP contribution in [-0.4, -0.2) is 23.6 Å². The molecule has 3 aliphatic carbocycles. The first kappa shape index (κ1) is 30.1. The Bertz CT molecular complexity index is 1610. The Labute approximate surface area is 260 Å². The first-order valence-electron chi connectivity index (χ1n) is 16.3. The van der Waals surface area contributed by atoms with E-state index in [1.165, 1.54) is 25.7 Å². The molecule has 0 saturated heterocycles. The van der Waals surface area contributed by atoms with Gasteiger partial charge in [0.2, 0.25) is 0 Å². The van der Waals surface area contributed by atoms with E-state index in [1.807, 2.05) is 31.2 Å². The highest BCUT2D eigenvalue weighted by atomic mass is 16.5. The van der Waals surface area contributed by atoms with Gasteiger partial charge in [-0.25, -0.2) is 4.79 Å². The normalized spacial score (nSPS) is 22.7. The summed E-state index contributed by atoms with van der Waals surface area (Å²) in [4.78, 5) is 41.6. The molecule has 4 unspecified atom stereocenters. The van der Waals surface area contributed by atoms with Crippen LogP contribution in [0.3, 0.4) is 0 Å². The van der Waals surface area contributed by atoms with E-state index < -0.39 is 5.97 Å². The number of carbonyl (C=O) groups is 3. The molecule has 0 radical (unpaired) electrons. The Balaban J connectivity index is 1.30. The van der Waals surface area contributed by atoms with Crippen LogP contribution in [0.25, 0.3) is 0 Å². The molecule has 0 spiro atoms. The van der Waals surface area contributed by atoms with Crippen molar-refractivity contribution in [2.24, 2.45) is 23.7 Å². The maximum atomic E-state index is 13.9. The van der Waals surface area contributed by atoms with Crippen LogP contribution in [0.1, 0.15) is 118 Å². The van der Waals surface area contributed by atoms with Crippen LogP contribution < -0.4 is 11.5 Å². The molecule has 6 heteroatoms. The molecule has 0 aromatic heterocycles. The topological polar surface area (TPSA) is 112 Å². The van der Waals surface area contributed by atoms with E-state index in [9.17, 15) is 14.4 Å². The lowest BCUT2D eigenvalue weighted by Crippen LogP contribution is -2.35. The number of ether oxygens (including phenoxy) is 1. The molecule has 0 aliphatic heterocycles. The van der Waals surface area contributed by atoms with Gasteiger partial charge in [0.05, 0.1) is 16.9 Å². The Morgan fingerprint density at radius 2 is 1.45 bits per heavy atom. The van der Waals surface area contributed by atoms with Gasteiger partial charge in [-0.1, -0.05) is 74.4 Å². The summed E-state index contributed by atoms with van der Waals surface area (Å²) in [6.07, 6.45) is 8.45. The lowest BCUT2D eigenvalue weighted by atomic mass is 9.65. The number of fused-ring (bicyclic) bond motifs is 3. The SMILES string of the molecule is Cc1ccc(CCc2c(N)c(C(=O)OC3CCC4CC(CC(C)C)CCC4C3)c(N)c3c2C(=O)c2ccccc2C3=O)cc1. The summed E-state index contributed by atoms with van der Waals surface area (Å²) in [5.74, 6) is 1.52. The van der Waals surface area contributed by atoms with Gasteiger partial charge in [-0.3, -0.25) is 9.59 Å². The maximum absolute atomic E-state index is 13.9. The maximum Gasteiger partial charge on any atom is 0.342 e. The number of aryl methyl sites for hydroxylation is 2. The largest absolute Gasteiger partial charge is 0.459 e. The Kier molecular flexibility index (Phi) is 8.36. The standard InChI is InChI=1S/C38H44N2O4/c1-21(2)18-24-12-14-26-20-27(16-15-25(26)19-24)44-38(43)33-34(39)30(17-13-23-10-8-22(3)9-11-23)31-32(35(33)40)37(42)29-7-5-4-6-28(29)36(31)41/h4-11,21,24-27H,12-20,39-40H2,1-3H3. The molecular formula is C38H44N2O4. The first-order valence-corrected chi connectivity index (χ1v) is 16.3. The Morgan fingerprint density at radius 3 is 2.14 bits per heavy atom. The monoisotopic (exact) mass is 592 g/mol. The van der Waals surface area contributed by atoms with Crippen molar-refractivity contribution in [3.8, 4) is 0 Å². The summed E-state index contributed by atoms with van der Waals surface area (Å²) in [5.41, 5.74) is 17.1. The third-order valence-electron chi connectivity index (χ3n) is 10.3. The summed E-state index contributed by atoms with van der Waals surface area (Å²) in [5, 5.41) is 0. The molecule has 6 rings (SSSR count). The number of rotatable bonds is 7. The van der Waals surface area contributed by atoms with Crippen molar-refractivity contribution < 1.29 is 19.1 Å². The number of anilines is 2. The summed E-state index contributed by atoms with van der Waals surface area (Å²) in [7, 11) is 0. The summed E-state index contributed by atoms with van der Waals surface area (Å²) in [6.45, 7) is 6.63. The van der Waals surface area contributed by atoms with Gasteiger partial charge in [0.1, 0.15) is 11.7 Å². The van der Waals surface area contributed by atoms with Gasteiger partial charge in [-0.15, -0.1) is 0 Å². The van der Waals surface area contributed by atoms with Crippen LogP contribution in [0.2, 0.25) is 0 Å². The Hall–Kier alpha value is -3.93. The van der Waals surface area contributed by atoms with Crippen molar-refractivity contribution in [1.82, 2.24) is 0 Å². The molecule has 3 aromatic rings. The molecule has 4 atom stereocenters. The molecule has 0 bridgehead atoms. The van der Waals surface area contributed by atoms with E-state index in [1.54, 1.807) is 24.3 Å². The summed E-state index contributed by atoms with van der Waals surface area (Å²) >= 11 is 0. The van der Waals surface area contributed by atoms with E-state index >= 15 is 0 Å². The molecule has 3 aromatic carbocycles. The second-order valence-corrected chi connectivity index (χ2v) is 13.8. The lowest BCUT2D eigenvalue weighted by molar-refractivity contribution is -0.00663. The molecule has 0 amide bonds. The predicted molar refractivity (Wildman–Crippen MR) is 174 cm³/mol. The number of hydrogen-bond donors (Lipinski definition) is 2. The van der Waals surface area contributed by atoms with Crippen molar-refractivity contribution >= 4 is 28.9 Å². The van der Waals surface area contributed by atoms with E-state index in [-0.39, 0.29) is 51.3 Å². The number of benzene rings is 3. The lowest BCUT2D eigenvalue weighted by Gasteiger charge is -2.42. The molecule has 44 heavy (non-hydrogen) atoms. The van der Waals surface area contributed by atoms with Gasteiger partial charge >= 0.3 is 5.97 Å². The summed E-state index contributed by atoms with van der Waals surface area (Å²) in [6, 6.07) is 14.9. The number of hydrogen-bond acceptors (Lipinski definition) is 6. The third kappa shape index (κ3) is 5.67. The van der Waals surface area contributed by atoms with Crippen molar-refractivity contribution in [1.29, 1.82) is 0 Å². The zero-order valence-electron chi connectivity index (χ0n) is 26.2. The van der Waals surface area contributed by atoms with Gasteiger partial charge in [-0.05, 0) is 93.1 Å². The van der Waals surface area contributed by atoms with Crippen LogP contribution >= 0.6 is 0 Å². The van der Waals surface area contributed by atoms with Gasteiger partial charge in [0.15, 0.2) is 11.6 Å². The van der Waals surface area contributed by atoms with Crippen molar-refractivity contribution in [3.63, 3.8) is 0 Å². The first-order chi connectivity index (χ1) is 21.1. The van der Waals surface area contributed by atoms with Crippen LogP contribution in [0.5, 0.6) is 0 Å². The fourth-order valence-electron chi connectivity index (χ4n) is 8.12. The van der Waals surface area contributed by atoms with Gasteiger partial charge in [0.25, 0.3) is 0 Å². The number of nitrogens with two attached hydrogens (primary N) is 2. The van der Waals surface area contributed by atoms with Crippen LogP contribution in [0.4, 0.5) is 11.4 Å². The summed E-state index contributed by atoms with van der Waals surface area (Å²) < 4.78 is 6.14. The van der Waals surface area contributed by atoms with Gasteiger partial charge in [-0.2, -0.15) is 0 Å². The highest BCUT2D eigenvalue weighted by molar-refractivity contribution is 6.32. The van der Waals surface area contributed by atoms with E-state index in [0.29, 0.717) is 35.8 Å². The number of esters is 1. The van der Waals surface area contributed by atoms with Crippen molar-refractivity contribution in [2.45, 2.75) is 84.7 Å². The van der Waals surface area contributed by atoms with Crippen molar-refractivity contribution in [2.75, 3.05) is 11.5 Å². The number of carbonyl (C=O) groups excluding carboxylic acids is 3. The fraction of sp³-hybridized carbons (Fsp3) is 0.447. The Morgan fingerprint density at radius 1 is 0.818 bits per heavy atom. The molecule has 0 heterocycles. The predicted octanol–water partition coefficient (Wildman–Crippen LogP) is 7.51. The van der Waals surface area contributed by atoms with Gasteiger partial charge < -0.3 is 16.2 Å². The van der Waals surface area contributed by atoms with Crippen LogP contribution in [-0.2, 0) is 17.6 Å². The molecule has 6 nitrogen and oxygen atoms in total. The zero-order chi connectivity index (χ0) is 31.1. The molecule has 2 fully saturated rings. The average molecular weight is 593 g/mol. The van der Waals surface area contributed by atoms with E-state index in [4.69, 9.17) is 16.2 Å². The number of ketones is 2. The van der Waals surface area contributed by atoms with Crippen molar-refractivity contribution in [3.05, 3.63) is 93.0 Å². The minimum atomic E-state index is -0.601. The highest BCUT2D eigenvalue weighted by Crippen LogP contribution is 2.46. The molecule has 4 N–H and O–H groups in total. The minimum Gasteiger partial charge on any atom is -0.459 e. The van der Waals surface area contributed by atoms with Gasteiger partial charge in [0, 0.05) is 16.7 Å². The molecular weight excluding hydrogens is 548 g/mol. The highest BCUT2D eigenvalue weighted by Gasteiger charge is 2.40. The molecule has 230 valence electrons. The smallest absolute Gasteiger partial charge is 0.342 e. The second kappa shape index (κ2) is 12.2. The third-order valence-corrected chi connectivity index (χ3v) is 10.3. The zero-order valence-corrected chi connectivity index (χ0v) is 26.2. The van der Waals surface area contributed by atoms with Crippen LogP contribution in [0, 0.1) is 30.6 Å². The minimum absolute atomic E-state index is 0.0194. The molecule has 3 aliphatic rings. The molecule has 2 saturated carbocycles. The fourth-order valence-corrected chi connectivity index (χ4v) is 8.12. The second-order valence-electron chi connectivity index (χ2n) is 13.8. The van der Waals surface area contributed by atoms with E-state index in [0.717, 1.165) is 42.2 Å². The van der Waals surface area contributed by atoms with E-state index in [2.05, 4.69) is 13.8 Å².